The zero-order valence-electron chi connectivity index (χ0n) is 21.4. The lowest BCUT2D eigenvalue weighted by Crippen LogP contribution is -2.36. The van der Waals surface area contributed by atoms with Gasteiger partial charge in [0.05, 0.1) is 23.1 Å². The summed E-state index contributed by atoms with van der Waals surface area (Å²) in [5.41, 5.74) is 1.90. The highest BCUT2D eigenvalue weighted by molar-refractivity contribution is 7.93. The summed E-state index contributed by atoms with van der Waals surface area (Å²) in [5, 5.41) is 2.67. The Morgan fingerprint density at radius 2 is 1.95 bits per heavy atom. The van der Waals surface area contributed by atoms with E-state index < -0.39 is 25.7 Å². The van der Waals surface area contributed by atoms with E-state index in [2.05, 4.69) is 18.2 Å². The molecule has 8 nitrogen and oxygen atoms in total. The first kappa shape index (κ1) is 29.3. The van der Waals surface area contributed by atoms with Crippen molar-refractivity contribution in [3.05, 3.63) is 82.5 Å². The van der Waals surface area contributed by atoms with E-state index >= 15 is 0 Å². The molecule has 208 valence electrons. The molecule has 0 fully saturated rings. The zero-order valence-corrected chi connectivity index (χ0v) is 24.6. The molecule has 2 aromatic rings. The number of carbonyl (C=O) groups is 1. The number of rotatable bonds is 10. The van der Waals surface area contributed by atoms with Crippen molar-refractivity contribution >= 4 is 63.9 Å². The molecular formula is C27H29Cl2N2O6S2+. The molecule has 1 atom stereocenters. The lowest BCUT2D eigenvalue weighted by Gasteiger charge is -2.32. The van der Waals surface area contributed by atoms with E-state index in [0.29, 0.717) is 42.1 Å². The molecule has 2 aliphatic rings. The number of cyclic esters (lactones) is 1. The number of anilines is 1. The zero-order chi connectivity index (χ0) is 28.3. The van der Waals surface area contributed by atoms with Crippen LogP contribution in [-0.2, 0) is 30.2 Å². The molecule has 2 aromatic carbocycles. The molecule has 1 heterocycles. The number of unbranched alkanes of at least 4 members (excludes halogenated alkanes) is 1. The number of hydrogen-bond acceptors (Lipinski definition) is 7. The van der Waals surface area contributed by atoms with Crippen LogP contribution >= 0.6 is 36.1 Å². The molecule has 0 bridgehead atoms. The van der Waals surface area contributed by atoms with Gasteiger partial charge in [-0.25, -0.2) is 13.2 Å². The molecule has 1 aliphatic heterocycles. The van der Waals surface area contributed by atoms with Crippen molar-refractivity contribution in [3.8, 4) is 5.75 Å². The molecular weight excluding hydrogens is 583 g/mol. The minimum absolute atomic E-state index is 0.0137. The van der Waals surface area contributed by atoms with Crippen molar-refractivity contribution in [2.75, 3.05) is 11.9 Å². The highest BCUT2D eigenvalue weighted by Crippen LogP contribution is 2.43. The van der Waals surface area contributed by atoms with Crippen LogP contribution < -0.4 is 10.1 Å². The lowest BCUT2D eigenvalue weighted by atomic mass is 9.94. The number of nitrogens with one attached hydrogen (secondary N) is 1. The number of amides is 1. The SMILES string of the molecule is CC1(C)OC(=O)Nc2ccc(OCCCC=[N+](OS)C3=CCC(Cl)(S(=O)(=O)Cc4ccccc4)C(Cl)=C3)cc21. The number of hydrogen-bond donors (Lipinski definition) is 2. The fraction of sp³-hybridized carbons (Fsp3) is 0.333. The third-order valence-corrected chi connectivity index (χ3v) is 10.3. The highest BCUT2D eigenvalue weighted by atomic mass is 35.5. The quantitative estimate of drug-likeness (QED) is 0.0609. The summed E-state index contributed by atoms with van der Waals surface area (Å²) in [5.74, 6) is 0.427. The Kier molecular flexibility index (Phi) is 8.90. The maximum absolute atomic E-state index is 13.1. The van der Waals surface area contributed by atoms with E-state index in [1.807, 2.05) is 26.0 Å². The van der Waals surface area contributed by atoms with Crippen molar-refractivity contribution in [2.45, 2.75) is 48.7 Å². The fourth-order valence-corrected chi connectivity index (χ4v) is 6.83. The van der Waals surface area contributed by atoms with Crippen molar-refractivity contribution in [2.24, 2.45) is 0 Å². The molecule has 0 radical (unpaired) electrons. The van der Waals surface area contributed by atoms with Gasteiger partial charge in [0, 0.05) is 29.2 Å². The molecule has 4 rings (SSSR count). The van der Waals surface area contributed by atoms with E-state index in [1.165, 1.54) is 10.8 Å². The van der Waals surface area contributed by atoms with Gasteiger partial charge in [-0.05, 0) is 50.1 Å². The summed E-state index contributed by atoms with van der Waals surface area (Å²) in [6, 6.07) is 14.3. The average Bonchev–Trinajstić information content (AvgIpc) is 2.88. The van der Waals surface area contributed by atoms with E-state index in [4.69, 9.17) is 37.0 Å². The Balaban J connectivity index is 1.35. The minimum Gasteiger partial charge on any atom is -0.494 e. The molecule has 0 saturated heterocycles. The van der Waals surface area contributed by atoms with Gasteiger partial charge in [0.2, 0.25) is 6.21 Å². The van der Waals surface area contributed by atoms with Crippen LogP contribution in [0.3, 0.4) is 0 Å². The molecule has 1 N–H and O–H groups in total. The van der Waals surface area contributed by atoms with E-state index in [-0.39, 0.29) is 17.2 Å². The fourth-order valence-electron chi connectivity index (χ4n) is 4.28. The molecule has 39 heavy (non-hydrogen) atoms. The largest absolute Gasteiger partial charge is 0.494 e. The Hall–Kier alpha value is -2.66. The second-order valence-corrected chi connectivity index (χ2v) is 13.3. The van der Waals surface area contributed by atoms with Crippen LogP contribution in [0.4, 0.5) is 10.5 Å². The first-order valence-corrected chi connectivity index (χ1v) is 15.0. The minimum atomic E-state index is -3.82. The Morgan fingerprint density at radius 1 is 1.21 bits per heavy atom. The summed E-state index contributed by atoms with van der Waals surface area (Å²) in [7, 11) is -3.82. The summed E-state index contributed by atoms with van der Waals surface area (Å²) in [4.78, 5) is 11.7. The predicted molar refractivity (Wildman–Crippen MR) is 155 cm³/mol. The van der Waals surface area contributed by atoms with E-state index in [1.54, 1.807) is 48.7 Å². The van der Waals surface area contributed by atoms with Crippen LogP contribution in [0.5, 0.6) is 5.75 Å². The number of alkyl halides is 1. The maximum atomic E-state index is 13.1. The summed E-state index contributed by atoms with van der Waals surface area (Å²) in [6.07, 6.45) is 5.58. The third-order valence-electron chi connectivity index (χ3n) is 6.38. The van der Waals surface area contributed by atoms with Crippen molar-refractivity contribution < 1.29 is 31.7 Å². The summed E-state index contributed by atoms with van der Waals surface area (Å²) >= 11 is 17.0. The molecule has 1 aliphatic carbocycles. The van der Waals surface area contributed by atoms with Crippen molar-refractivity contribution in [1.82, 2.24) is 0 Å². The Morgan fingerprint density at radius 3 is 2.64 bits per heavy atom. The van der Waals surface area contributed by atoms with Crippen LogP contribution in [0.25, 0.3) is 0 Å². The number of ether oxygens (including phenoxy) is 2. The number of halogens is 2. The molecule has 12 heteroatoms. The van der Waals surface area contributed by atoms with Gasteiger partial charge in [0.25, 0.3) is 5.70 Å². The predicted octanol–water partition coefficient (Wildman–Crippen LogP) is 6.46. The number of nitrogens with zero attached hydrogens (tertiary/aromatic N) is 1. The number of benzene rings is 2. The first-order chi connectivity index (χ1) is 18.4. The second kappa shape index (κ2) is 11.8. The van der Waals surface area contributed by atoms with Gasteiger partial charge >= 0.3 is 6.09 Å². The van der Waals surface area contributed by atoms with Crippen LogP contribution in [0, 0.1) is 0 Å². The summed E-state index contributed by atoms with van der Waals surface area (Å²) < 4.78 is 42.3. The molecule has 1 unspecified atom stereocenters. The first-order valence-electron chi connectivity index (χ1n) is 12.2. The van der Waals surface area contributed by atoms with Crippen LogP contribution in [0.15, 0.2) is 71.4 Å². The van der Waals surface area contributed by atoms with Crippen LogP contribution in [0.1, 0.15) is 44.2 Å². The molecule has 1 amide bonds. The van der Waals surface area contributed by atoms with E-state index in [0.717, 1.165) is 5.56 Å². The smallest absolute Gasteiger partial charge is 0.412 e. The van der Waals surface area contributed by atoms with Gasteiger partial charge in [-0.3, -0.25) is 5.32 Å². The topological polar surface area (TPSA) is 93.9 Å². The maximum Gasteiger partial charge on any atom is 0.412 e. The highest BCUT2D eigenvalue weighted by Gasteiger charge is 2.47. The molecule has 0 spiro atoms. The van der Waals surface area contributed by atoms with Crippen LogP contribution in [0.2, 0.25) is 0 Å². The number of carbonyl (C=O) groups excluding carboxylic acids is 1. The number of thiol groups is 1. The Labute approximate surface area is 243 Å². The second-order valence-electron chi connectivity index (χ2n) is 9.61. The number of sulfone groups is 1. The monoisotopic (exact) mass is 611 g/mol. The number of hydroxylamine groups is 1. The molecule has 0 aromatic heterocycles. The van der Waals surface area contributed by atoms with Gasteiger partial charge in [0.15, 0.2) is 14.0 Å². The molecule has 0 saturated carbocycles. The van der Waals surface area contributed by atoms with Gasteiger partial charge in [0.1, 0.15) is 24.3 Å². The number of fused-ring (bicyclic) bond motifs is 1. The van der Waals surface area contributed by atoms with Gasteiger partial charge in [-0.2, -0.15) is 4.28 Å². The van der Waals surface area contributed by atoms with E-state index in [9.17, 15) is 13.2 Å². The standard InChI is InChI=1S/C27H28Cl2N2O6S2/c1-26(2)22-17-21(10-11-23(22)30-25(32)36-26)35-15-7-6-14-31(37-38)20-12-13-27(29,24(28)16-20)39(33,34)18-19-8-4-3-5-9-19/h3-5,8-12,14,16-17H,6-7,13,15,18H2,1-2H3,(H-,30,32,38)/p+1. The summed E-state index contributed by atoms with van der Waals surface area (Å²) in [6.45, 7) is 4.06. The van der Waals surface area contributed by atoms with Gasteiger partial charge in [-0.1, -0.05) is 53.5 Å². The lowest BCUT2D eigenvalue weighted by molar-refractivity contribution is -0.696. The van der Waals surface area contributed by atoms with Gasteiger partial charge < -0.3 is 9.47 Å². The number of allylic oxidation sites excluding steroid dienone is 2. The van der Waals surface area contributed by atoms with Crippen molar-refractivity contribution in [1.29, 1.82) is 0 Å². The third kappa shape index (κ3) is 6.57. The average molecular weight is 613 g/mol. The normalized spacial score (nSPS) is 20.6. The Bertz CT molecular complexity index is 1440. The van der Waals surface area contributed by atoms with Crippen LogP contribution in [-0.4, -0.2) is 36.3 Å². The van der Waals surface area contributed by atoms with Gasteiger partial charge in [-0.15, -0.1) is 0 Å². The van der Waals surface area contributed by atoms with Crippen molar-refractivity contribution in [3.63, 3.8) is 0 Å².